The predicted octanol–water partition coefficient (Wildman–Crippen LogP) is 3.44. The van der Waals surface area contributed by atoms with Crippen molar-refractivity contribution in [3.05, 3.63) is 88.7 Å². The normalized spacial score (nSPS) is 13.1. The lowest BCUT2D eigenvalue weighted by Gasteiger charge is -2.30. The number of aromatic nitrogens is 2. The molecule has 2 N–H and O–H groups in total. The maximum atomic E-state index is 13.2. The molecule has 0 bridgehead atoms. The van der Waals surface area contributed by atoms with Gasteiger partial charge in [-0.2, -0.15) is 5.10 Å². The lowest BCUT2D eigenvalue weighted by molar-refractivity contribution is 0.0516. The fourth-order valence-electron chi connectivity index (χ4n) is 3.70. The van der Waals surface area contributed by atoms with Gasteiger partial charge in [-0.1, -0.05) is 60.7 Å². The van der Waals surface area contributed by atoms with Crippen LogP contribution in [0.25, 0.3) is 0 Å². The van der Waals surface area contributed by atoms with E-state index in [0.717, 1.165) is 22.4 Å². The average molecular weight is 404 g/mol. The van der Waals surface area contributed by atoms with E-state index in [9.17, 15) is 9.59 Å². The summed E-state index contributed by atoms with van der Waals surface area (Å²) in [5.41, 5.74) is 3.87. The molecule has 3 aromatic rings. The van der Waals surface area contributed by atoms with Crippen LogP contribution in [0.2, 0.25) is 0 Å². The van der Waals surface area contributed by atoms with Crippen LogP contribution in [-0.2, 0) is 17.7 Å². The van der Waals surface area contributed by atoms with Crippen LogP contribution >= 0.6 is 0 Å². The van der Waals surface area contributed by atoms with E-state index in [4.69, 9.17) is 4.74 Å². The van der Waals surface area contributed by atoms with Crippen molar-refractivity contribution in [1.29, 1.82) is 0 Å². The number of esters is 1. The Morgan fingerprint density at radius 3 is 2.33 bits per heavy atom. The van der Waals surface area contributed by atoms with Crippen molar-refractivity contribution in [2.75, 3.05) is 13.2 Å². The van der Waals surface area contributed by atoms with Crippen LogP contribution in [0.1, 0.15) is 45.8 Å². The topological polar surface area (TPSA) is 87.3 Å². The molecule has 0 fully saturated rings. The van der Waals surface area contributed by atoms with E-state index in [1.54, 1.807) is 11.8 Å². The second kappa shape index (κ2) is 8.82. The number of benzene rings is 2. The van der Waals surface area contributed by atoms with Crippen LogP contribution in [0.4, 0.5) is 4.79 Å². The number of rotatable bonds is 5. The summed E-state index contributed by atoms with van der Waals surface area (Å²) in [7, 11) is 0. The zero-order valence-corrected chi connectivity index (χ0v) is 16.8. The number of fused-ring (bicyclic) bond motifs is 1. The van der Waals surface area contributed by atoms with Gasteiger partial charge in [-0.25, -0.2) is 9.59 Å². The fraction of sp³-hybridized carbons (Fsp3) is 0.261. The van der Waals surface area contributed by atoms with Crippen LogP contribution in [-0.4, -0.2) is 40.2 Å². The summed E-state index contributed by atoms with van der Waals surface area (Å²) in [6.07, 6.45) is 0.608. The minimum Gasteiger partial charge on any atom is -0.461 e. The molecule has 30 heavy (non-hydrogen) atoms. The van der Waals surface area contributed by atoms with Gasteiger partial charge < -0.3 is 15.0 Å². The van der Waals surface area contributed by atoms with Gasteiger partial charge in [0.2, 0.25) is 0 Å². The van der Waals surface area contributed by atoms with Gasteiger partial charge in [0, 0.05) is 24.2 Å². The van der Waals surface area contributed by atoms with Gasteiger partial charge >= 0.3 is 12.0 Å². The van der Waals surface area contributed by atoms with E-state index in [1.165, 1.54) is 0 Å². The highest BCUT2D eigenvalue weighted by Crippen LogP contribution is 2.24. The Balaban J connectivity index is 1.54. The monoisotopic (exact) mass is 404 g/mol. The largest absolute Gasteiger partial charge is 0.461 e. The Bertz CT molecular complexity index is 978. The molecule has 2 aromatic carbocycles. The van der Waals surface area contributed by atoms with Crippen molar-refractivity contribution in [3.63, 3.8) is 0 Å². The first-order valence-corrected chi connectivity index (χ1v) is 10.1. The molecule has 2 amide bonds. The Kier molecular flexibility index (Phi) is 5.79. The van der Waals surface area contributed by atoms with Crippen molar-refractivity contribution in [2.24, 2.45) is 0 Å². The van der Waals surface area contributed by atoms with E-state index < -0.39 is 5.97 Å². The third-order valence-electron chi connectivity index (χ3n) is 5.22. The predicted molar refractivity (Wildman–Crippen MR) is 112 cm³/mol. The van der Waals surface area contributed by atoms with Crippen LogP contribution in [0.5, 0.6) is 0 Å². The van der Waals surface area contributed by atoms with Gasteiger partial charge in [0.25, 0.3) is 0 Å². The molecule has 0 unspecified atom stereocenters. The summed E-state index contributed by atoms with van der Waals surface area (Å²) in [5, 5.41) is 10.2. The SMILES string of the molecule is CCOC(=O)c1n[nH]c2c1CN(C(=O)NC(c1ccccc1)c1ccccc1)CC2. The van der Waals surface area contributed by atoms with Gasteiger partial charge in [-0.3, -0.25) is 5.10 Å². The maximum Gasteiger partial charge on any atom is 0.359 e. The molecule has 2 heterocycles. The molecule has 1 aliphatic rings. The molecule has 0 saturated carbocycles. The zero-order valence-electron chi connectivity index (χ0n) is 16.8. The number of nitrogens with one attached hydrogen (secondary N) is 2. The molecule has 0 radical (unpaired) electrons. The highest BCUT2D eigenvalue weighted by atomic mass is 16.5. The number of hydrogen-bond acceptors (Lipinski definition) is 4. The zero-order chi connectivity index (χ0) is 20.9. The summed E-state index contributed by atoms with van der Waals surface area (Å²) < 4.78 is 5.09. The van der Waals surface area contributed by atoms with Gasteiger partial charge in [0.05, 0.1) is 19.2 Å². The van der Waals surface area contributed by atoms with Crippen molar-refractivity contribution in [3.8, 4) is 0 Å². The Hall–Kier alpha value is -3.61. The number of ether oxygens (including phenoxy) is 1. The Morgan fingerprint density at radius 1 is 1.10 bits per heavy atom. The van der Waals surface area contributed by atoms with E-state index in [0.29, 0.717) is 19.5 Å². The number of urea groups is 1. The number of nitrogens with zero attached hydrogens (tertiary/aromatic N) is 2. The first-order chi connectivity index (χ1) is 14.7. The number of H-pyrrole nitrogens is 1. The number of carbonyl (C=O) groups excluding carboxylic acids is 2. The van der Waals surface area contributed by atoms with Gasteiger partial charge in [-0.05, 0) is 18.1 Å². The summed E-state index contributed by atoms with van der Waals surface area (Å²) in [5.74, 6) is -0.469. The molecule has 7 heteroatoms. The molecule has 1 aliphatic heterocycles. The van der Waals surface area contributed by atoms with Crippen LogP contribution in [0.15, 0.2) is 60.7 Å². The maximum absolute atomic E-state index is 13.2. The smallest absolute Gasteiger partial charge is 0.359 e. The Labute approximate surface area is 175 Å². The van der Waals surface area contributed by atoms with Crippen LogP contribution in [0.3, 0.4) is 0 Å². The highest BCUT2D eigenvalue weighted by molar-refractivity contribution is 5.89. The molecular weight excluding hydrogens is 380 g/mol. The highest BCUT2D eigenvalue weighted by Gasteiger charge is 2.29. The fourth-order valence-corrected chi connectivity index (χ4v) is 3.70. The van der Waals surface area contributed by atoms with Crippen LogP contribution < -0.4 is 5.32 Å². The second-order valence-electron chi connectivity index (χ2n) is 7.13. The summed E-state index contributed by atoms with van der Waals surface area (Å²) in [6.45, 7) is 2.88. The second-order valence-corrected chi connectivity index (χ2v) is 7.13. The molecule has 0 saturated heterocycles. The summed E-state index contributed by atoms with van der Waals surface area (Å²) in [6, 6.07) is 19.3. The lowest BCUT2D eigenvalue weighted by atomic mass is 9.99. The lowest BCUT2D eigenvalue weighted by Crippen LogP contribution is -2.44. The van der Waals surface area contributed by atoms with Crippen molar-refractivity contribution in [2.45, 2.75) is 25.9 Å². The van der Waals surface area contributed by atoms with E-state index in [2.05, 4.69) is 15.5 Å². The molecule has 0 spiro atoms. The van der Waals surface area contributed by atoms with Gasteiger partial charge in [-0.15, -0.1) is 0 Å². The first-order valence-electron chi connectivity index (χ1n) is 10.1. The number of carbonyl (C=O) groups is 2. The minimum absolute atomic E-state index is 0.186. The van der Waals surface area contributed by atoms with Crippen LogP contribution in [0, 0.1) is 0 Å². The summed E-state index contributed by atoms with van der Waals surface area (Å²) >= 11 is 0. The summed E-state index contributed by atoms with van der Waals surface area (Å²) in [4.78, 5) is 27.0. The number of hydrogen-bond donors (Lipinski definition) is 2. The molecular formula is C23H24N4O3. The van der Waals surface area contributed by atoms with Gasteiger partial charge in [0.1, 0.15) is 0 Å². The Morgan fingerprint density at radius 2 is 1.73 bits per heavy atom. The quantitative estimate of drug-likeness (QED) is 0.638. The standard InChI is InChI=1S/C23H24N4O3/c1-2-30-22(28)21-18-15-27(14-13-19(18)25-26-21)23(29)24-20(16-9-5-3-6-10-16)17-11-7-4-8-12-17/h3-12,20H,2,13-15H2,1H3,(H,24,29)(H,25,26). The number of amides is 2. The molecule has 4 rings (SSSR count). The molecule has 7 nitrogen and oxygen atoms in total. The van der Waals surface area contributed by atoms with E-state index in [1.807, 2.05) is 60.7 Å². The third kappa shape index (κ3) is 4.05. The average Bonchev–Trinajstić information content (AvgIpc) is 3.22. The minimum atomic E-state index is -0.469. The molecule has 0 aliphatic carbocycles. The van der Waals surface area contributed by atoms with Gasteiger partial charge in [0.15, 0.2) is 5.69 Å². The molecule has 1 aromatic heterocycles. The van der Waals surface area contributed by atoms with Crippen molar-refractivity contribution in [1.82, 2.24) is 20.4 Å². The first kappa shape index (κ1) is 19.7. The van der Waals surface area contributed by atoms with Crippen molar-refractivity contribution >= 4 is 12.0 Å². The number of aromatic amines is 1. The van der Waals surface area contributed by atoms with Crippen molar-refractivity contribution < 1.29 is 14.3 Å². The molecule has 0 atom stereocenters. The molecule has 154 valence electrons. The van der Waals surface area contributed by atoms with E-state index >= 15 is 0 Å². The van der Waals surface area contributed by atoms with E-state index in [-0.39, 0.29) is 24.4 Å². The third-order valence-corrected chi connectivity index (χ3v) is 5.22.